The third-order valence-electron chi connectivity index (χ3n) is 1.96. The standard InChI is InChI=1S/C9H9FN2O/c10-6-1-2-9(13)7(5-6)8-3-4-11-12-8/h1-2,5,11,13H,3-4H2. The van der Waals surface area contributed by atoms with E-state index in [4.69, 9.17) is 0 Å². The Morgan fingerprint density at radius 1 is 1.46 bits per heavy atom. The zero-order valence-corrected chi connectivity index (χ0v) is 6.92. The predicted molar refractivity (Wildman–Crippen MR) is 47.2 cm³/mol. The summed E-state index contributed by atoms with van der Waals surface area (Å²) >= 11 is 0. The van der Waals surface area contributed by atoms with E-state index in [2.05, 4.69) is 10.5 Å². The van der Waals surface area contributed by atoms with Crippen molar-refractivity contribution in [3.63, 3.8) is 0 Å². The van der Waals surface area contributed by atoms with Gasteiger partial charge in [0.05, 0.1) is 5.71 Å². The van der Waals surface area contributed by atoms with E-state index < -0.39 is 0 Å². The second-order valence-electron chi connectivity index (χ2n) is 2.88. The third kappa shape index (κ3) is 1.47. The Balaban J connectivity index is 2.43. The molecule has 4 heteroatoms. The van der Waals surface area contributed by atoms with Crippen LogP contribution in [-0.2, 0) is 0 Å². The molecule has 0 radical (unpaired) electrons. The summed E-state index contributed by atoms with van der Waals surface area (Å²) in [5, 5.41) is 13.4. The van der Waals surface area contributed by atoms with E-state index in [9.17, 15) is 9.50 Å². The number of hydrogen-bond acceptors (Lipinski definition) is 3. The van der Waals surface area contributed by atoms with Crippen LogP contribution in [0.3, 0.4) is 0 Å². The molecule has 0 aromatic heterocycles. The Labute approximate surface area is 74.9 Å². The average Bonchev–Trinajstić information content (AvgIpc) is 2.61. The number of rotatable bonds is 1. The Bertz CT molecular complexity index is 363. The minimum Gasteiger partial charge on any atom is -0.507 e. The normalized spacial score (nSPS) is 15.3. The van der Waals surface area contributed by atoms with Crippen molar-refractivity contribution >= 4 is 5.71 Å². The minimum atomic E-state index is -0.359. The molecular weight excluding hydrogens is 171 g/mol. The number of phenolic OH excluding ortho intramolecular Hbond substituents is 1. The summed E-state index contributed by atoms with van der Waals surface area (Å²) in [6.07, 6.45) is 0.719. The van der Waals surface area contributed by atoms with Crippen LogP contribution in [0.1, 0.15) is 12.0 Å². The van der Waals surface area contributed by atoms with Crippen molar-refractivity contribution in [2.75, 3.05) is 6.54 Å². The highest BCUT2D eigenvalue weighted by Crippen LogP contribution is 2.20. The Kier molecular flexibility index (Phi) is 1.88. The summed E-state index contributed by atoms with van der Waals surface area (Å²) in [4.78, 5) is 0. The van der Waals surface area contributed by atoms with E-state index in [1.165, 1.54) is 18.2 Å². The molecule has 0 saturated carbocycles. The first-order valence-electron chi connectivity index (χ1n) is 4.05. The van der Waals surface area contributed by atoms with E-state index in [0.29, 0.717) is 11.3 Å². The van der Waals surface area contributed by atoms with Gasteiger partial charge in [-0.15, -0.1) is 0 Å². The first-order chi connectivity index (χ1) is 6.27. The van der Waals surface area contributed by atoms with Crippen molar-refractivity contribution in [1.82, 2.24) is 5.43 Å². The average molecular weight is 180 g/mol. The van der Waals surface area contributed by atoms with Crippen LogP contribution in [0.5, 0.6) is 5.75 Å². The van der Waals surface area contributed by atoms with E-state index in [1.807, 2.05) is 0 Å². The molecule has 3 nitrogen and oxygen atoms in total. The summed E-state index contributed by atoms with van der Waals surface area (Å²) in [6, 6.07) is 3.86. The predicted octanol–water partition coefficient (Wildman–Crippen LogP) is 1.23. The first-order valence-corrected chi connectivity index (χ1v) is 4.05. The van der Waals surface area contributed by atoms with Gasteiger partial charge in [0, 0.05) is 18.5 Å². The highest BCUT2D eigenvalue weighted by molar-refractivity contribution is 6.03. The number of halogens is 1. The lowest BCUT2D eigenvalue weighted by molar-refractivity contribution is 0.471. The van der Waals surface area contributed by atoms with Crippen molar-refractivity contribution in [1.29, 1.82) is 0 Å². The molecule has 2 N–H and O–H groups in total. The molecule has 68 valence electrons. The molecule has 0 atom stereocenters. The smallest absolute Gasteiger partial charge is 0.124 e. The highest BCUT2D eigenvalue weighted by Gasteiger charge is 2.13. The molecule has 0 bridgehead atoms. The van der Waals surface area contributed by atoms with Gasteiger partial charge in [-0.05, 0) is 18.2 Å². The molecule has 0 fully saturated rings. The maximum Gasteiger partial charge on any atom is 0.124 e. The summed E-state index contributed by atoms with van der Waals surface area (Å²) in [5.41, 5.74) is 3.95. The van der Waals surface area contributed by atoms with Gasteiger partial charge in [0.15, 0.2) is 0 Å². The molecule has 1 aromatic rings. The minimum absolute atomic E-state index is 0.0730. The highest BCUT2D eigenvalue weighted by atomic mass is 19.1. The number of hydrogen-bond donors (Lipinski definition) is 2. The zero-order valence-electron chi connectivity index (χ0n) is 6.92. The summed E-state index contributed by atoms with van der Waals surface area (Å²) in [7, 11) is 0. The molecule has 0 saturated heterocycles. The lowest BCUT2D eigenvalue weighted by atomic mass is 10.1. The van der Waals surface area contributed by atoms with Gasteiger partial charge in [0.2, 0.25) is 0 Å². The summed E-state index contributed by atoms with van der Waals surface area (Å²) in [5.74, 6) is -0.286. The number of phenols is 1. The van der Waals surface area contributed by atoms with E-state index in [1.54, 1.807) is 0 Å². The lowest BCUT2D eigenvalue weighted by Crippen LogP contribution is -1.98. The molecule has 1 aliphatic heterocycles. The molecule has 2 rings (SSSR count). The van der Waals surface area contributed by atoms with Crippen LogP contribution in [0.2, 0.25) is 0 Å². The van der Waals surface area contributed by atoms with Gasteiger partial charge in [-0.1, -0.05) is 0 Å². The fourth-order valence-electron chi connectivity index (χ4n) is 1.32. The molecule has 0 unspecified atom stereocenters. The van der Waals surface area contributed by atoms with Crippen LogP contribution in [0.15, 0.2) is 23.3 Å². The summed E-state index contributed by atoms with van der Waals surface area (Å²) in [6.45, 7) is 0.741. The van der Waals surface area contributed by atoms with Crippen LogP contribution in [0.25, 0.3) is 0 Å². The fraction of sp³-hybridized carbons (Fsp3) is 0.222. The maximum absolute atomic E-state index is 12.8. The number of hydrazone groups is 1. The van der Waals surface area contributed by atoms with Crippen LogP contribution in [0, 0.1) is 5.82 Å². The van der Waals surface area contributed by atoms with Crippen molar-refractivity contribution < 1.29 is 9.50 Å². The molecule has 13 heavy (non-hydrogen) atoms. The van der Waals surface area contributed by atoms with Crippen LogP contribution < -0.4 is 5.43 Å². The van der Waals surface area contributed by atoms with Gasteiger partial charge in [-0.25, -0.2) is 4.39 Å². The van der Waals surface area contributed by atoms with Crippen molar-refractivity contribution in [2.45, 2.75) is 6.42 Å². The molecule has 1 aliphatic rings. The monoisotopic (exact) mass is 180 g/mol. The van der Waals surface area contributed by atoms with Gasteiger partial charge >= 0.3 is 0 Å². The quantitative estimate of drug-likeness (QED) is 0.682. The molecule has 1 heterocycles. The second-order valence-corrected chi connectivity index (χ2v) is 2.88. The maximum atomic E-state index is 12.8. The lowest BCUT2D eigenvalue weighted by Gasteiger charge is -2.02. The van der Waals surface area contributed by atoms with Gasteiger partial charge in [-0.3, -0.25) is 0 Å². The largest absolute Gasteiger partial charge is 0.507 e. The van der Waals surface area contributed by atoms with Crippen LogP contribution in [-0.4, -0.2) is 17.4 Å². The van der Waals surface area contributed by atoms with Gasteiger partial charge in [-0.2, -0.15) is 5.10 Å². The van der Waals surface area contributed by atoms with Gasteiger partial charge in [0.1, 0.15) is 11.6 Å². The van der Waals surface area contributed by atoms with Gasteiger partial charge in [0.25, 0.3) is 0 Å². The van der Waals surface area contributed by atoms with Crippen LogP contribution >= 0.6 is 0 Å². The SMILES string of the molecule is Oc1ccc(F)cc1C1=NNCC1. The molecular formula is C9H9FN2O. The zero-order chi connectivity index (χ0) is 9.26. The number of benzene rings is 1. The molecule has 0 spiro atoms. The van der Waals surface area contributed by atoms with E-state index in [-0.39, 0.29) is 11.6 Å². The van der Waals surface area contributed by atoms with Crippen molar-refractivity contribution in [2.24, 2.45) is 5.10 Å². The Morgan fingerprint density at radius 2 is 2.31 bits per heavy atom. The molecule has 0 aliphatic carbocycles. The first kappa shape index (κ1) is 8.04. The van der Waals surface area contributed by atoms with E-state index in [0.717, 1.165) is 13.0 Å². The number of aromatic hydroxyl groups is 1. The molecule has 0 amide bonds. The van der Waals surface area contributed by atoms with E-state index >= 15 is 0 Å². The van der Waals surface area contributed by atoms with Gasteiger partial charge < -0.3 is 10.5 Å². The van der Waals surface area contributed by atoms with Crippen LogP contribution in [0.4, 0.5) is 4.39 Å². The van der Waals surface area contributed by atoms with Crippen molar-refractivity contribution in [3.05, 3.63) is 29.6 Å². The summed E-state index contributed by atoms with van der Waals surface area (Å²) < 4.78 is 12.8. The number of nitrogens with zero attached hydrogens (tertiary/aromatic N) is 1. The fourth-order valence-corrected chi connectivity index (χ4v) is 1.32. The van der Waals surface area contributed by atoms with Crippen molar-refractivity contribution in [3.8, 4) is 5.75 Å². The second kappa shape index (κ2) is 3.05. The third-order valence-corrected chi connectivity index (χ3v) is 1.96. The Hall–Kier alpha value is -1.58. The Morgan fingerprint density at radius 3 is 3.00 bits per heavy atom. The number of nitrogens with one attached hydrogen (secondary N) is 1. The topological polar surface area (TPSA) is 44.6 Å². The molecule has 1 aromatic carbocycles.